The molecule has 21 heavy (non-hydrogen) atoms. The van der Waals surface area contributed by atoms with Crippen molar-refractivity contribution in [3.8, 4) is 0 Å². The zero-order valence-corrected chi connectivity index (χ0v) is 14.5. The molecular formula is C16H25BrN4. The summed E-state index contributed by atoms with van der Waals surface area (Å²) in [5.74, 6) is 1.95. The van der Waals surface area contributed by atoms with Crippen LogP contribution >= 0.6 is 15.9 Å². The molecule has 3 rings (SSSR count). The Hall–Kier alpha value is -0.840. The molecule has 1 N–H and O–H groups in total. The van der Waals surface area contributed by atoms with E-state index in [4.69, 9.17) is 0 Å². The maximum atomic E-state index is 4.51. The van der Waals surface area contributed by atoms with Gasteiger partial charge in [0.1, 0.15) is 22.4 Å². The molecule has 1 spiro atoms. The van der Waals surface area contributed by atoms with E-state index < -0.39 is 0 Å². The molecule has 2 aliphatic rings. The van der Waals surface area contributed by atoms with Crippen molar-refractivity contribution in [1.29, 1.82) is 0 Å². The van der Waals surface area contributed by atoms with Crippen molar-refractivity contribution in [2.45, 2.75) is 51.9 Å². The second kappa shape index (κ2) is 6.51. The SMILES string of the molecule is CCNc1ncnc(N2CCC3(CCCCC3)CC2)c1Br. The van der Waals surface area contributed by atoms with Gasteiger partial charge in [-0.2, -0.15) is 0 Å². The summed E-state index contributed by atoms with van der Waals surface area (Å²) in [5.41, 5.74) is 0.638. The number of nitrogens with zero attached hydrogens (tertiary/aromatic N) is 3. The third-order valence-corrected chi connectivity index (χ3v) is 5.88. The van der Waals surface area contributed by atoms with E-state index in [-0.39, 0.29) is 0 Å². The number of piperidine rings is 1. The number of rotatable bonds is 3. The topological polar surface area (TPSA) is 41.1 Å². The first-order chi connectivity index (χ1) is 10.2. The molecule has 1 saturated heterocycles. The first kappa shape index (κ1) is 15.1. The number of nitrogens with one attached hydrogen (secondary N) is 1. The zero-order valence-electron chi connectivity index (χ0n) is 12.9. The molecule has 2 heterocycles. The highest BCUT2D eigenvalue weighted by Gasteiger charge is 2.36. The fourth-order valence-electron chi connectivity index (χ4n) is 3.87. The van der Waals surface area contributed by atoms with Crippen LogP contribution in [0.2, 0.25) is 0 Å². The fourth-order valence-corrected chi connectivity index (χ4v) is 4.46. The Bertz CT molecular complexity index is 475. The Balaban J connectivity index is 1.70. The molecule has 0 atom stereocenters. The molecule has 116 valence electrons. The van der Waals surface area contributed by atoms with Crippen LogP contribution in [0.15, 0.2) is 10.8 Å². The maximum Gasteiger partial charge on any atom is 0.148 e. The third-order valence-electron chi connectivity index (χ3n) is 5.15. The van der Waals surface area contributed by atoms with Crippen LogP contribution in [0.5, 0.6) is 0 Å². The van der Waals surface area contributed by atoms with Crippen LogP contribution < -0.4 is 10.2 Å². The summed E-state index contributed by atoms with van der Waals surface area (Å²) in [5, 5.41) is 3.29. The van der Waals surface area contributed by atoms with Gasteiger partial charge in [0.25, 0.3) is 0 Å². The molecule has 5 heteroatoms. The monoisotopic (exact) mass is 352 g/mol. The highest BCUT2D eigenvalue weighted by molar-refractivity contribution is 9.10. The van der Waals surface area contributed by atoms with Crippen LogP contribution in [-0.4, -0.2) is 29.6 Å². The van der Waals surface area contributed by atoms with Gasteiger partial charge in [0.05, 0.1) is 0 Å². The van der Waals surface area contributed by atoms with Crippen molar-refractivity contribution in [2.75, 3.05) is 29.9 Å². The summed E-state index contributed by atoms with van der Waals surface area (Å²) in [7, 11) is 0. The Labute approximate surface area is 135 Å². The minimum absolute atomic E-state index is 0.638. The lowest BCUT2D eigenvalue weighted by Gasteiger charge is -2.44. The molecule has 0 aromatic carbocycles. The molecule has 0 unspecified atom stereocenters. The van der Waals surface area contributed by atoms with Gasteiger partial charge in [0.2, 0.25) is 0 Å². The molecule has 1 aromatic rings. The highest BCUT2D eigenvalue weighted by atomic mass is 79.9. The predicted octanol–water partition coefficient (Wildman–Crippen LogP) is 4.22. The standard InChI is InChI=1S/C16H25BrN4/c1-2-18-14-13(17)15(20-12-19-14)21-10-8-16(9-11-21)6-4-3-5-7-16/h12H,2-11H2,1H3,(H,18,19,20). The molecule has 0 radical (unpaired) electrons. The van der Waals surface area contributed by atoms with Crippen molar-refractivity contribution in [2.24, 2.45) is 5.41 Å². The number of hydrogen-bond donors (Lipinski definition) is 1. The van der Waals surface area contributed by atoms with Gasteiger partial charge >= 0.3 is 0 Å². The second-order valence-electron chi connectivity index (χ2n) is 6.44. The average molecular weight is 353 g/mol. The first-order valence-corrected chi connectivity index (χ1v) is 9.03. The van der Waals surface area contributed by atoms with Gasteiger partial charge in [0.15, 0.2) is 0 Å². The van der Waals surface area contributed by atoms with Crippen molar-refractivity contribution in [3.63, 3.8) is 0 Å². The summed E-state index contributed by atoms with van der Waals surface area (Å²) in [6.07, 6.45) is 11.5. The largest absolute Gasteiger partial charge is 0.369 e. The molecule has 1 saturated carbocycles. The van der Waals surface area contributed by atoms with Crippen molar-refractivity contribution >= 4 is 27.6 Å². The summed E-state index contributed by atoms with van der Waals surface area (Å²) in [6.45, 7) is 5.21. The predicted molar refractivity (Wildman–Crippen MR) is 90.9 cm³/mol. The highest BCUT2D eigenvalue weighted by Crippen LogP contribution is 2.45. The quantitative estimate of drug-likeness (QED) is 0.883. The Kier molecular flexibility index (Phi) is 4.67. The lowest BCUT2D eigenvalue weighted by molar-refractivity contribution is 0.144. The molecule has 4 nitrogen and oxygen atoms in total. The van der Waals surface area contributed by atoms with Gasteiger partial charge in [-0.3, -0.25) is 0 Å². The van der Waals surface area contributed by atoms with E-state index in [2.05, 4.69) is 43.0 Å². The van der Waals surface area contributed by atoms with Crippen LogP contribution in [0, 0.1) is 5.41 Å². The van der Waals surface area contributed by atoms with Crippen LogP contribution in [0.1, 0.15) is 51.9 Å². The third kappa shape index (κ3) is 3.17. The molecule has 1 aliphatic carbocycles. The van der Waals surface area contributed by atoms with Gasteiger partial charge in [-0.1, -0.05) is 19.3 Å². The summed E-state index contributed by atoms with van der Waals surface area (Å²) in [6, 6.07) is 0. The minimum atomic E-state index is 0.638. The average Bonchev–Trinajstić information content (AvgIpc) is 2.52. The van der Waals surface area contributed by atoms with Crippen LogP contribution in [0.25, 0.3) is 0 Å². The second-order valence-corrected chi connectivity index (χ2v) is 7.23. The van der Waals surface area contributed by atoms with E-state index in [0.29, 0.717) is 5.41 Å². The molecule has 0 amide bonds. The van der Waals surface area contributed by atoms with E-state index in [1.54, 1.807) is 6.33 Å². The molecule has 1 aromatic heterocycles. The lowest BCUT2D eigenvalue weighted by atomic mass is 9.68. The molecular weight excluding hydrogens is 328 g/mol. The summed E-state index contributed by atoms with van der Waals surface area (Å²) >= 11 is 3.68. The minimum Gasteiger partial charge on any atom is -0.369 e. The van der Waals surface area contributed by atoms with Crippen LogP contribution in [0.4, 0.5) is 11.6 Å². The Morgan fingerprint density at radius 2 is 1.86 bits per heavy atom. The zero-order chi connectivity index (χ0) is 14.7. The molecule has 0 bridgehead atoms. The first-order valence-electron chi connectivity index (χ1n) is 8.23. The van der Waals surface area contributed by atoms with Gasteiger partial charge < -0.3 is 10.2 Å². The normalized spacial score (nSPS) is 21.5. The van der Waals surface area contributed by atoms with E-state index in [9.17, 15) is 0 Å². The maximum absolute atomic E-state index is 4.51. The van der Waals surface area contributed by atoms with Gasteiger partial charge in [-0.05, 0) is 54.0 Å². The number of aromatic nitrogens is 2. The van der Waals surface area contributed by atoms with E-state index >= 15 is 0 Å². The summed E-state index contributed by atoms with van der Waals surface area (Å²) < 4.78 is 1.01. The van der Waals surface area contributed by atoms with Crippen LogP contribution in [0.3, 0.4) is 0 Å². The van der Waals surface area contributed by atoms with E-state index in [1.165, 1.54) is 44.9 Å². The Morgan fingerprint density at radius 1 is 1.14 bits per heavy atom. The number of halogens is 1. The molecule has 2 fully saturated rings. The number of anilines is 2. The van der Waals surface area contributed by atoms with Crippen molar-refractivity contribution < 1.29 is 0 Å². The molecule has 1 aliphatic heterocycles. The van der Waals surface area contributed by atoms with Gasteiger partial charge in [0, 0.05) is 19.6 Å². The summed E-state index contributed by atoms with van der Waals surface area (Å²) in [4.78, 5) is 11.2. The van der Waals surface area contributed by atoms with Crippen LogP contribution in [-0.2, 0) is 0 Å². The van der Waals surface area contributed by atoms with E-state index in [0.717, 1.165) is 35.7 Å². The van der Waals surface area contributed by atoms with E-state index in [1.807, 2.05) is 0 Å². The Morgan fingerprint density at radius 3 is 2.52 bits per heavy atom. The van der Waals surface area contributed by atoms with Gasteiger partial charge in [-0.15, -0.1) is 0 Å². The fraction of sp³-hybridized carbons (Fsp3) is 0.750. The van der Waals surface area contributed by atoms with Gasteiger partial charge in [-0.25, -0.2) is 9.97 Å². The number of hydrogen-bond acceptors (Lipinski definition) is 4. The lowest BCUT2D eigenvalue weighted by Crippen LogP contribution is -2.41. The van der Waals surface area contributed by atoms with Crippen molar-refractivity contribution in [3.05, 3.63) is 10.8 Å². The van der Waals surface area contributed by atoms with Crippen molar-refractivity contribution in [1.82, 2.24) is 9.97 Å². The smallest absolute Gasteiger partial charge is 0.148 e.